The highest BCUT2D eigenvalue weighted by Crippen LogP contribution is 2.12. The number of hydrogen-bond donors (Lipinski definition) is 1. The van der Waals surface area contributed by atoms with Gasteiger partial charge in [0, 0.05) is 5.02 Å². The van der Waals surface area contributed by atoms with Crippen molar-refractivity contribution in [1.29, 1.82) is 0 Å². The van der Waals surface area contributed by atoms with Crippen LogP contribution in [0.3, 0.4) is 0 Å². The van der Waals surface area contributed by atoms with E-state index in [0.29, 0.717) is 18.1 Å². The molecule has 0 heterocycles. The van der Waals surface area contributed by atoms with Gasteiger partial charge >= 0.3 is 5.97 Å². The summed E-state index contributed by atoms with van der Waals surface area (Å²) in [5.74, 6) is -1.03. The molecule has 4 nitrogen and oxygen atoms in total. The smallest absolute Gasteiger partial charge is 0.353 e. The molecule has 1 aromatic rings. The van der Waals surface area contributed by atoms with Crippen molar-refractivity contribution >= 4 is 23.3 Å². The third kappa shape index (κ3) is 5.19. The highest BCUT2D eigenvalue weighted by molar-refractivity contribution is 6.35. The Labute approximate surface area is 111 Å². The van der Waals surface area contributed by atoms with Crippen LogP contribution in [-0.2, 0) is 16.1 Å². The van der Waals surface area contributed by atoms with Crippen molar-refractivity contribution in [2.75, 3.05) is 6.61 Å². The normalized spacial score (nSPS) is 11.3. The Morgan fingerprint density at radius 1 is 1.50 bits per heavy atom. The van der Waals surface area contributed by atoms with E-state index < -0.39 is 5.97 Å². The molecule has 0 unspecified atom stereocenters. The maximum atomic E-state index is 10.6. The van der Waals surface area contributed by atoms with Crippen LogP contribution in [0.1, 0.15) is 25.3 Å². The van der Waals surface area contributed by atoms with Gasteiger partial charge in [-0.25, -0.2) is 4.79 Å². The molecule has 0 bridgehead atoms. The van der Waals surface area contributed by atoms with Crippen LogP contribution in [-0.4, -0.2) is 23.4 Å². The lowest BCUT2D eigenvalue weighted by atomic mass is 10.1. The summed E-state index contributed by atoms with van der Waals surface area (Å²) in [7, 11) is 0. The number of aliphatic carboxylic acids is 1. The van der Waals surface area contributed by atoms with Gasteiger partial charge < -0.3 is 9.94 Å². The van der Waals surface area contributed by atoms with Gasteiger partial charge in [-0.1, -0.05) is 35.8 Å². The standard InChI is InChI=1S/C13H16ClNO3/c1-2-12(13(16)17)15-18-8-4-6-10-5-3-7-11(14)9-10/h3,5,7,9H,2,4,6,8H2,1H3,(H,16,17)/b15-12-. The van der Waals surface area contributed by atoms with Crippen LogP contribution in [0.25, 0.3) is 0 Å². The number of carboxylic acid groups (broad SMARTS) is 1. The van der Waals surface area contributed by atoms with Crippen molar-refractivity contribution in [2.45, 2.75) is 26.2 Å². The summed E-state index contributed by atoms with van der Waals surface area (Å²) in [5, 5.41) is 13.0. The number of benzene rings is 1. The van der Waals surface area contributed by atoms with Gasteiger partial charge in [-0.15, -0.1) is 0 Å². The molecule has 0 aromatic heterocycles. The van der Waals surface area contributed by atoms with Gasteiger partial charge in [-0.2, -0.15) is 0 Å². The van der Waals surface area contributed by atoms with Gasteiger partial charge in [0.2, 0.25) is 0 Å². The Morgan fingerprint density at radius 3 is 2.89 bits per heavy atom. The van der Waals surface area contributed by atoms with Crippen molar-refractivity contribution < 1.29 is 14.7 Å². The van der Waals surface area contributed by atoms with E-state index in [1.165, 1.54) is 0 Å². The molecule has 0 aliphatic rings. The van der Waals surface area contributed by atoms with Crippen LogP contribution in [0.2, 0.25) is 5.02 Å². The first kappa shape index (κ1) is 14.5. The minimum absolute atomic E-state index is 0.0396. The van der Waals surface area contributed by atoms with E-state index in [1.807, 2.05) is 24.3 Å². The lowest BCUT2D eigenvalue weighted by Gasteiger charge is -2.02. The van der Waals surface area contributed by atoms with Crippen molar-refractivity contribution in [1.82, 2.24) is 0 Å². The van der Waals surface area contributed by atoms with Crippen molar-refractivity contribution in [3.63, 3.8) is 0 Å². The molecule has 5 heteroatoms. The lowest BCUT2D eigenvalue weighted by Crippen LogP contribution is -2.12. The quantitative estimate of drug-likeness (QED) is 0.470. The first-order valence-electron chi connectivity index (χ1n) is 5.80. The third-order valence-electron chi connectivity index (χ3n) is 2.35. The van der Waals surface area contributed by atoms with Crippen LogP contribution in [0.5, 0.6) is 0 Å². The predicted octanol–water partition coefficient (Wildman–Crippen LogP) is 3.14. The minimum Gasteiger partial charge on any atom is -0.477 e. The maximum absolute atomic E-state index is 10.6. The molecular formula is C13H16ClNO3. The van der Waals surface area contributed by atoms with E-state index in [0.717, 1.165) is 18.4 Å². The molecule has 1 N–H and O–H groups in total. The SMILES string of the molecule is CC/C(=N/OCCCc1cccc(Cl)c1)C(=O)O. The van der Waals surface area contributed by atoms with Gasteiger partial charge in [0.15, 0.2) is 5.71 Å². The number of rotatable bonds is 7. The molecular weight excluding hydrogens is 254 g/mol. The van der Waals surface area contributed by atoms with Crippen molar-refractivity contribution in [3.8, 4) is 0 Å². The molecule has 18 heavy (non-hydrogen) atoms. The number of nitrogens with zero attached hydrogens (tertiary/aromatic N) is 1. The lowest BCUT2D eigenvalue weighted by molar-refractivity contribution is -0.129. The molecule has 0 fully saturated rings. The number of oxime groups is 1. The van der Waals surface area contributed by atoms with Gasteiger partial charge in [0.05, 0.1) is 0 Å². The minimum atomic E-state index is -1.03. The third-order valence-corrected chi connectivity index (χ3v) is 2.58. The van der Waals surface area contributed by atoms with Gasteiger partial charge in [0.25, 0.3) is 0 Å². The van der Waals surface area contributed by atoms with Crippen LogP contribution >= 0.6 is 11.6 Å². The average molecular weight is 270 g/mol. The summed E-state index contributed by atoms with van der Waals surface area (Å²) in [6.07, 6.45) is 1.94. The maximum Gasteiger partial charge on any atom is 0.353 e. The fourth-order valence-electron chi connectivity index (χ4n) is 1.41. The summed E-state index contributed by atoms with van der Waals surface area (Å²) >= 11 is 5.86. The first-order chi connectivity index (χ1) is 8.63. The van der Waals surface area contributed by atoms with E-state index in [9.17, 15) is 4.79 Å². The Hall–Kier alpha value is -1.55. The molecule has 0 radical (unpaired) electrons. The zero-order chi connectivity index (χ0) is 13.4. The second-order valence-corrected chi connectivity index (χ2v) is 4.20. The summed E-state index contributed by atoms with van der Waals surface area (Å²) in [6, 6.07) is 7.62. The predicted molar refractivity (Wildman–Crippen MR) is 71.1 cm³/mol. The van der Waals surface area contributed by atoms with E-state index in [2.05, 4.69) is 5.16 Å². The Morgan fingerprint density at radius 2 is 2.28 bits per heavy atom. The van der Waals surface area contributed by atoms with Gasteiger partial charge in [-0.05, 0) is 37.0 Å². The monoisotopic (exact) mass is 269 g/mol. The molecule has 0 spiro atoms. The summed E-state index contributed by atoms with van der Waals surface area (Å²) in [4.78, 5) is 15.6. The summed E-state index contributed by atoms with van der Waals surface area (Å²) < 4.78 is 0. The van der Waals surface area contributed by atoms with E-state index in [1.54, 1.807) is 6.92 Å². The van der Waals surface area contributed by atoms with Gasteiger partial charge in [-0.3, -0.25) is 0 Å². The molecule has 1 rings (SSSR count). The molecule has 1 aromatic carbocycles. The molecule has 0 aliphatic carbocycles. The average Bonchev–Trinajstić information content (AvgIpc) is 2.33. The number of carbonyl (C=O) groups is 1. The van der Waals surface area contributed by atoms with E-state index in [-0.39, 0.29) is 5.71 Å². The topological polar surface area (TPSA) is 58.9 Å². The van der Waals surface area contributed by atoms with Crippen molar-refractivity contribution in [2.24, 2.45) is 5.16 Å². The van der Waals surface area contributed by atoms with E-state index >= 15 is 0 Å². The molecule has 0 atom stereocenters. The molecule has 0 saturated heterocycles. The Kier molecular flexibility index (Phi) is 6.22. The Balaban J connectivity index is 2.29. The molecule has 0 amide bonds. The second kappa shape index (κ2) is 7.71. The Bertz CT molecular complexity index is 432. The largest absolute Gasteiger partial charge is 0.477 e. The van der Waals surface area contributed by atoms with E-state index in [4.69, 9.17) is 21.5 Å². The van der Waals surface area contributed by atoms with Crippen LogP contribution in [0, 0.1) is 0 Å². The van der Waals surface area contributed by atoms with Crippen LogP contribution in [0.15, 0.2) is 29.4 Å². The number of carboxylic acids is 1. The number of hydrogen-bond acceptors (Lipinski definition) is 3. The van der Waals surface area contributed by atoms with Crippen LogP contribution in [0.4, 0.5) is 0 Å². The van der Waals surface area contributed by atoms with Crippen LogP contribution < -0.4 is 0 Å². The summed E-state index contributed by atoms with van der Waals surface area (Å²) in [6.45, 7) is 2.12. The second-order valence-electron chi connectivity index (χ2n) is 3.76. The molecule has 0 aliphatic heterocycles. The van der Waals surface area contributed by atoms with Gasteiger partial charge in [0.1, 0.15) is 6.61 Å². The number of aryl methyl sites for hydroxylation is 1. The zero-order valence-electron chi connectivity index (χ0n) is 10.2. The highest BCUT2D eigenvalue weighted by Gasteiger charge is 2.06. The molecule has 0 saturated carbocycles. The fourth-order valence-corrected chi connectivity index (χ4v) is 1.62. The summed E-state index contributed by atoms with van der Waals surface area (Å²) in [5.41, 5.74) is 1.17. The highest BCUT2D eigenvalue weighted by atomic mass is 35.5. The van der Waals surface area contributed by atoms with Crippen molar-refractivity contribution in [3.05, 3.63) is 34.9 Å². The number of halogens is 1. The zero-order valence-corrected chi connectivity index (χ0v) is 11.0. The molecule has 98 valence electrons. The fraction of sp³-hybridized carbons (Fsp3) is 0.385. The first-order valence-corrected chi connectivity index (χ1v) is 6.18.